The Bertz CT molecular complexity index is 1760. The average molecular weight is 713 g/mol. The standard InChI is InChI=1S/C28H32BN9O11S/c1-2-35-8-10-37(23(42)21(35)40)27(46)31-6-7-36-9-11-38(24(43)22(36)41)28(47)34-18(16-13-50-26(30)32-16)20(39)33-17-12-14-4-3-5-15(25(44)45)19(14)49-29(17)48/h3-5,13,17-18,48H,2,6-12H2,1H3,(H2,30,32)(H,31,46)(H,33,39)(H,34,47)(H,44,45)/t17-,18?/m0/s1. The molecule has 2 atom stereocenters. The molecule has 2 fully saturated rings. The van der Waals surface area contributed by atoms with Crippen LogP contribution in [0.5, 0.6) is 5.75 Å². The smallest absolute Gasteiger partial charge is 0.534 e. The number of nitrogens with two attached hydrogens (primary N) is 1. The predicted octanol–water partition coefficient (Wildman–Crippen LogP) is -2.62. The third kappa shape index (κ3) is 7.29. The first-order chi connectivity index (χ1) is 23.8. The number of imide groups is 2. The summed E-state index contributed by atoms with van der Waals surface area (Å²) >= 11 is 0.970. The van der Waals surface area contributed by atoms with Crippen LogP contribution < -0.4 is 26.3 Å². The van der Waals surface area contributed by atoms with Gasteiger partial charge in [0.2, 0.25) is 5.91 Å². The maximum atomic E-state index is 13.5. The topological polar surface area (TPSA) is 274 Å². The highest BCUT2D eigenvalue weighted by Gasteiger charge is 2.42. The molecule has 9 amide bonds. The van der Waals surface area contributed by atoms with Gasteiger partial charge >= 0.3 is 48.8 Å². The molecule has 2 saturated heterocycles. The molecule has 1 aromatic carbocycles. The molecule has 0 saturated carbocycles. The number of thiazole rings is 1. The Morgan fingerprint density at radius 1 is 1.02 bits per heavy atom. The van der Waals surface area contributed by atoms with E-state index in [-0.39, 0.29) is 67.8 Å². The molecule has 50 heavy (non-hydrogen) atoms. The van der Waals surface area contributed by atoms with Gasteiger partial charge in [0.1, 0.15) is 5.75 Å². The lowest BCUT2D eigenvalue weighted by molar-refractivity contribution is -0.153. The number of aromatic carboxylic acids is 1. The van der Waals surface area contributed by atoms with E-state index >= 15 is 0 Å². The zero-order valence-corrected chi connectivity index (χ0v) is 27.3. The van der Waals surface area contributed by atoms with E-state index in [4.69, 9.17) is 10.4 Å². The van der Waals surface area contributed by atoms with Crippen LogP contribution in [0.1, 0.15) is 34.6 Å². The van der Waals surface area contributed by atoms with Crippen LogP contribution in [0.4, 0.5) is 14.7 Å². The number of rotatable bonds is 9. The summed E-state index contributed by atoms with van der Waals surface area (Å²) in [6.07, 6.45) is -0.0252. The number of urea groups is 2. The monoisotopic (exact) mass is 713 g/mol. The minimum absolute atomic E-state index is 0.00142. The number of likely N-dealkylation sites (N-methyl/N-ethyl adjacent to an activating group) is 1. The van der Waals surface area contributed by atoms with Crippen LogP contribution in [-0.2, 0) is 30.4 Å². The lowest BCUT2D eigenvalue weighted by atomic mass is 9.72. The molecular weight excluding hydrogens is 681 g/mol. The van der Waals surface area contributed by atoms with Crippen LogP contribution in [0.2, 0.25) is 0 Å². The number of carbonyl (C=O) groups excluding carboxylic acids is 7. The summed E-state index contributed by atoms with van der Waals surface area (Å²) in [5.74, 6) is -7.33. The molecule has 3 aliphatic rings. The fourth-order valence-corrected chi connectivity index (χ4v) is 6.12. The molecule has 4 heterocycles. The molecule has 22 heteroatoms. The number of piperazine rings is 2. The number of benzene rings is 1. The minimum Gasteiger partial charge on any atom is -0.534 e. The van der Waals surface area contributed by atoms with Gasteiger partial charge in [0.15, 0.2) is 11.2 Å². The predicted molar refractivity (Wildman–Crippen MR) is 171 cm³/mol. The van der Waals surface area contributed by atoms with Crippen LogP contribution in [0.15, 0.2) is 23.6 Å². The highest BCUT2D eigenvalue weighted by molar-refractivity contribution is 7.13. The number of nitrogens with one attached hydrogen (secondary N) is 3. The van der Waals surface area contributed by atoms with Gasteiger partial charge in [-0.15, -0.1) is 11.3 Å². The van der Waals surface area contributed by atoms with E-state index < -0.39 is 66.7 Å². The number of carbonyl (C=O) groups is 8. The average Bonchev–Trinajstić information content (AvgIpc) is 3.52. The largest absolute Gasteiger partial charge is 0.547 e. The van der Waals surface area contributed by atoms with E-state index in [1.54, 1.807) is 13.0 Å². The quantitative estimate of drug-likeness (QED) is 0.115. The second-order valence-corrected chi connectivity index (χ2v) is 12.1. The van der Waals surface area contributed by atoms with Gasteiger partial charge in [0.05, 0.1) is 17.2 Å². The molecule has 5 rings (SSSR count). The van der Waals surface area contributed by atoms with E-state index in [9.17, 15) is 48.5 Å². The molecule has 0 radical (unpaired) electrons. The number of carboxylic acids is 1. The van der Waals surface area contributed by atoms with Crippen LogP contribution in [-0.4, -0.2) is 141 Å². The van der Waals surface area contributed by atoms with E-state index in [0.29, 0.717) is 17.0 Å². The molecular formula is C28H32BN9O11S. The molecule has 0 bridgehead atoms. The zero-order valence-electron chi connectivity index (χ0n) is 26.5. The van der Waals surface area contributed by atoms with Crippen LogP contribution in [0.3, 0.4) is 0 Å². The van der Waals surface area contributed by atoms with Crippen molar-refractivity contribution in [3.63, 3.8) is 0 Å². The van der Waals surface area contributed by atoms with Crippen molar-refractivity contribution in [2.45, 2.75) is 25.3 Å². The zero-order chi connectivity index (χ0) is 36.3. The number of amides is 9. The molecule has 1 aromatic heterocycles. The molecule has 0 spiro atoms. The molecule has 3 aliphatic heterocycles. The van der Waals surface area contributed by atoms with Gasteiger partial charge < -0.3 is 46.3 Å². The van der Waals surface area contributed by atoms with Gasteiger partial charge in [-0.3, -0.25) is 33.8 Å². The van der Waals surface area contributed by atoms with Crippen molar-refractivity contribution in [3.8, 4) is 5.75 Å². The summed E-state index contributed by atoms with van der Waals surface area (Å²) in [4.78, 5) is 109. The summed E-state index contributed by atoms with van der Waals surface area (Å²) in [6, 6.07) is 0.886. The summed E-state index contributed by atoms with van der Waals surface area (Å²) in [6.45, 7) is 1.51. The molecule has 0 aliphatic carbocycles. The SMILES string of the molecule is CCN1CCN(C(=O)NCCN2CCN(C(=O)NC(C(=O)N[C@H]3Cc4cccc(C(=O)O)c4OB3O)c3csc(N)n3)C(=O)C2=O)C(=O)C1=O. The number of nitrogen functional groups attached to an aromatic ring is 1. The number of hydrogen-bond acceptors (Lipinski definition) is 13. The van der Waals surface area contributed by atoms with Crippen LogP contribution in [0, 0.1) is 0 Å². The second-order valence-electron chi connectivity index (χ2n) is 11.2. The minimum atomic E-state index is -1.66. The van der Waals surface area contributed by atoms with Gasteiger partial charge in [0, 0.05) is 51.2 Å². The third-order valence-electron chi connectivity index (χ3n) is 8.19. The molecule has 20 nitrogen and oxygen atoms in total. The van der Waals surface area contributed by atoms with Crippen molar-refractivity contribution in [1.29, 1.82) is 0 Å². The lowest BCUT2D eigenvalue weighted by Gasteiger charge is -2.34. The van der Waals surface area contributed by atoms with Gasteiger partial charge in [-0.25, -0.2) is 19.4 Å². The lowest BCUT2D eigenvalue weighted by Crippen LogP contribution is -2.61. The Morgan fingerprint density at radius 2 is 1.68 bits per heavy atom. The van der Waals surface area contributed by atoms with Crippen molar-refractivity contribution in [2.24, 2.45) is 0 Å². The number of hydrogen-bond donors (Lipinski definition) is 6. The van der Waals surface area contributed by atoms with Crippen molar-refractivity contribution in [1.82, 2.24) is 40.5 Å². The van der Waals surface area contributed by atoms with Gasteiger partial charge in [0.25, 0.3) is 0 Å². The van der Waals surface area contributed by atoms with Gasteiger partial charge in [-0.05, 0) is 25.0 Å². The van der Waals surface area contributed by atoms with E-state index in [2.05, 4.69) is 20.9 Å². The normalized spacial score (nSPS) is 18.4. The Hall–Kier alpha value is -5.77. The van der Waals surface area contributed by atoms with Gasteiger partial charge in [-0.2, -0.15) is 0 Å². The van der Waals surface area contributed by atoms with Gasteiger partial charge in [-0.1, -0.05) is 12.1 Å². The number of aromatic nitrogens is 1. The van der Waals surface area contributed by atoms with Crippen LogP contribution >= 0.6 is 11.3 Å². The van der Waals surface area contributed by atoms with E-state index in [0.717, 1.165) is 21.1 Å². The first-order valence-corrected chi connectivity index (χ1v) is 16.2. The van der Waals surface area contributed by atoms with Crippen molar-refractivity contribution >= 4 is 71.2 Å². The Morgan fingerprint density at radius 3 is 2.32 bits per heavy atom. The maximum absolute atomic E-state index is 13.5. The Kier molecular flexibility index (Phi) is 10.5. The number of para-hydroxylation sites is 1. The molecule has 264 valence electrons. The number of nitrogens with zero attached hydrogens (tertiary/aromatic N) is 5. The molecule has 2 aromatic rings. The Balaban J connectivity index is 1.18. The molecule has 7 N–H and O–H groups in total. The first-order valence-electron chi connectivity index (χ1n) is 15.3. The highest BCUT2D eigenvalue weighted by Crippen LogP contribution is 2.30. The summed E-state index contributed by atoms with van der Waals surface area (Å²) < 4.78 is 5.42. The third-order valence-corrected chi connectivity index (χ3v) is 8.88. The maximum Gasteiger partial charge on any atom is 0.547 e. The Labute approximate surface area is 287 Å². The second kappa shape index (κ2) is 14.8. The van der Waals surface area contributed by atoms with Crippen LogP contribution in [0.25, 0.3) is 0 Å². The number of fused-ring (bicyclic) bond motifs is 1. The van der Waals surface area contributed by atoms with E-state index in [1.807, 2.05) is 0 Å². The fourth-order valence-electron chi connectivity index (χ4n) is 5.54. The van der Waals surface area contributed by atoms with Crippen molar-refractivity contribution < 1.29 is 53.1 Å². The number of anilines is 1. The fraction of sp³-hybridized carbons (Fsp3) is 0.393. The highest BCUT2D eigenvalue weighted by atomic mass is 32.1. The summed E-state index contributed by atoms with van der Waals surface area (Å²) in [7, 11) is -1.66. The molecule has 1 unspecified atom stereocenters. The van der Waals surface area contributed by atoms with E-state index in [1.165, 1.54) is 22.4 Å². The van der Waals surface area contributed by atoms with Crippen molar-refractivity contribution in [2.75, 3.05) is 51.5 Å². The summed E-state index contributed by atoms with van der Waals surface area (Å²) in [5, 5.41) is 28.9. The summed E-state index contributed by atoms with van der Waals surface area (Å²) in [5.41, 5.74) is 5.98. The first kappa shape index (κ1) is 35.5. The number of carboxylic acid groups (broad SMARTS) is 1. The van der Waals surface area contributed by atoms with Crippen molar-refractivity contribution in [3.05, 3.63) is 40.4 Å².